The first-order valence-electron chi connectivity index (χ1n) is 7.11. The van der Waals surface area contributed by atoms with Crippen molar-refractivity contribution in [1.29, 1.82) is 0 Å². The van der Waals surface area contributed by atoms with Gasteiger partial charge in [0.05, 0.1) is 6.54 Å². The maximum atomic E-state index is 12.0. The molecule has 2 aromatic carbocycles. The van der Waals surface area contributed by atoms with Gasteiger partial charge in [-0.2, -0.15) is 0 Å². The fourth-order valence-corrected chi connectivity index (χ4v) is 2.19. The molecule has 4 N–H and O–H groups in total. The van der Waals surface area contributed by atoms with Crippen LogP contribution in [-0.4, -0.2) is 24.3 Å². The van der Waals surface area contributed by atoms with Gasteiger partial charge in [-0.05, 0) is 42.8 Å². The molecule has 0 bridgehead atoms. The van der Waals surface area contributed by atoms with Crippen LogP contribution >= 0.6 is 11.6 Å². The highest BCUT2D eigenvalue weighted by molar-refractivity contribution is 6.31. The van der Waals surface area contributed by atoms with Crippen molar-refractivity contribution in [1.82, 2.24) is 5.32 Å². The first-order chi connectivity index (χ1) is 11.4. The molecule has 0 heterocycles. The van der Waals surface area contributed by atoms with E-state index in [9.17, 15) is 14.4 Å². The summed E-state index contributed by atoms with van der Waals surface area (Å²) in [5, 5.41) is 5.70. The summed E-state index contributed by atoms with van der Waals surface area (Å²) in [7, 11) is 0. The highest BCUT2D eigenvalue weighted by Gasteiger charge is 2.11. The minimum atomic E-state index is -0.626. The van der Waals surface area contributed by atoms with Crippen LogP contribution in [0.5, 0.6) is 0 Å². The molecule has 0 aliphatic carbocycles. The molecule has 0 aliphatic rings. The summed E-state index contributed by atoms with van der Waals surface area (Å²) in [5.41, 5.74) is 6.97. The van der Waals surface area contributed by atoms with E-state index in [0.717, 1.165) is 5.56 Å². The average Bonchev–Trinajstić information content (AvgIpc) is 2.57. The second-order valence-electron chi connectivity index (χ2n) is 5.09. The maximum Gasteiger partial charge on any atom is 0.251 e. The smallest absolute Gasteiger partial charge is 0.251 e. The van der Waals surface area contributed by atoms with E-state index in [4.69, 9.17) is 17.3 Å². The molecule has 0 fully saturated rings. The molecule has 0 atom stereocenters. The van der Waals surface area contributed by atoms with Crippen molar-refractivity contribution in [2.24, 2.45) is 5.73 Å². The fourth-order valence-electron chi connectivity index (χ4n) is 2.01. The predicted molar refractivity (Wildman–Crippen MR) is 92.1 cm³/mol. The molecule has 0 saturated heterocycles. The Morgan fingerprint density at radius 2 is 1.75 bits per heavy atom. The standard InChI is InChI=1S/C17H16ClN3O3/c1-10-13(18)6-3-7-14(10)21-15(22)9-20-17(24)12-5-2-4-11(8-12)16(19)23/h2-8H,9H2,1H3,(H2,19,23)(H,20,24)(H,21,22). The summed E-state index contributed by atoms with van der Waals surface area (Å²) in [5.74, 6) is -1.49. The van der Waals surface area contributed by atoms with E-state index in [2.05, 4.69) is 10.6 Å². The lowest BCUT2D eigenvalue weighted by atomic mass is 10.1. The molecule has 7 heteroatoms. The third kappa shape index (κ3) is 4.33. The number of benzene rings is 2. The summed E-state index contributed by atoms with van der Waals surface area (Å²) >= 11 is 5.99. The van der Waals surface area contributed by atoms with E-state index in [1.807, 2.05) is 0 Å². The van der Waals surface area contributed by atoms with Gasteiger partial charge in [-0.1, -0.05) is 23.7 Å². The van der Waals surface area contributed by atoms with E-state index in [1.54, 1.807) is 31.2 Å². The van der Waals surface area contributed by atoms with E-state index in [1.165, 1.54) is 18.2 Å². The molecule has 6 nitrogen and oxygen atoms in total. The van der Waals surface area contributed by atoms with Crippen molar-refractivity contribution in [3.05, 3.63) is 64.2 Å². The van der Waals surface area contributed by atoms with Crippen LogP contribution in [-0.2, 0) is 4.79 Å². The molecule has 0 spiro atoms. The molecule has 2 aromatic rings. The Labute approximate surface area is 144 Å². The summed E-state index contributed by atoms with van der Waals surface area (Å²) < 4.78 is 0. The van der Waals surface area contributed by atoms with Crippen molar-refractivity contribution in [3.8, 4) is 0 Å². The van der Waals surface area contributed by atoms with Gasteiger partial charge < -0.3 is 16.4 Å². The van der Waals surface area contributed by atoms with Crippen LogP contribution in [0.2, 0.25) is 5.02 Å². The van der Waals surface area contributed by atoms with Crippen LogP contribution in [0.1, 0.15) is 26.3 Å². The van der Waals surface area contributed by atoms with Gasteiger partial charge in [-0.15, -0.1) is 0 Å². The van der Waals surface area contributed by atoms with E-state index < -0.39 is 11.8 Å². The largest absolute Gasteiger partial charge is 0.366 e. The number of rotatable bonds is 5. The van der Waals surface area contributed by atoms with Gasteiger partial charge in [0.15, 0.2) is 0 Å². The topological polar surface area (TPSA) is 101 Å². The van der Waals surface area contributed by atoms with Crippen molar-refractivity contribution < 1.29 is 14.4 Å². The minimum absolute atomic E-state index is 0.217. The molecule has 0 aliphatic heterocycles. The molecule has 0 aromatic heterocycles. The Bertz CT molecular complexity index is 805. The molecule has 0 saturated carbocycles. The van der Waals surface area contributed by atoms with Crippen molar-refractivity contribution in [2.75, 3.05) is 11.9 Å². The van der Waals surface area contributed by atoms with E-state index in [0.29, 0.717) is 10.7 Å². The number of primary amides is 1. The molecule has 2 rings (SSSR count). The summed E-state index contributed by atoms with van der Waals surface area (Å²) in [4.78, 5) is 35.1. The zero-order valence-corrected chi connectivity index (χ0v) is 13.7. The fraction of sp³-hybridized carbons (Fsp3) is 0.118. The van der Waals surface area contributed by atoms with Gasteiger partial charge in [-0.25, -0.2) is 0 Å². The first kappa shape index (κ1) is 17.5. The Kier molecular flexibility index (Phi) is 5.55. The first-order valence-corrected chi connectivity index (χ1v) is 7.49. The van der Waals surface area contributed by atoms with Gasteiger partial charge in [-0.3, -0.25) is 14.4 Å². The average molecular weight is 346 g/mol. The monoisotopic (exact) mass is 345 g/mol. The Morgan fingerprint density at radius 1 is 1.08 bits per heavy atom. The second kappa shape index (κ2) is 7.61. The minimum Gasteiger partial charge on any atom is -0.366 e. The van der Waals surface area contributed by atoms with Crippen LogP contribution in [0, 0.1) is 6.92 Å². The lowest BCUT2D eigenvalue weighted by Gasteiger charge is -2.10. The lowest BCUT2D eigenvalue weighted by molar-refractivity contribution is -0.115. The SMILES string of the molecule is Cc1c(Cl)cccc1NC(=O)CNC(=O)c1cccc(C(N)=O)c1. The molecule has 24 heavy (non-hydrogen) atoms. The van der Waals surface area contributed by atoms with E-state index >= 15 is 0 Å². The molecular formula is C17H16ClN3O3. The number of anilines is 1. The van der Waals surface area contributed by atoms with Gasteiger partial charge in [0, 0.05) is 21.8 Å². The van der Waals surface area contributed by atoms with Gasteiger partial charge in [0.25, 0.3) is 5.91 Å². The summed E-state index contributed by atoms with van der Waals surface area (Å²) in [6, 6.07) is 11.1. The van der Waals surface area contributed by atoms with Gasteiger partial charge >= 0.3 is 0 Å². The number of nitrogens with two attached hydrogens (primary N) is 1. The van der Waals surface area contributed by atoms with Crippen LogP contribution in [0.3, 0.4) is 0 Å². The summed E-state index contributed by atoms with van der Waals surface area (Å²) in [6.07, 6.45) is 0. The molecule has 124 valence electrons. The van der Waals surface area contributed by atoms with Crippen molar-refractivity contribution in [2.45, 2.75) is 6.92 Å². The van der Waals surface area contributed by atoms with Crippen LogP contribution in [0.25, 0.3) is 0 Å². The number of carbonyl (C=O) groups excluding carboxylic acids is 3. The highest BCUT2D eigenvalue weighted by atomic mass is 35.5. The molecular weight excluding hydrogens is 330 g/mol. The van der Waals surface area contributed by atoms with E-state index in [-0.39, 0.29) is 23.6 Å². The summed E-state index contributed by atoms with van der Waals surface area (Å²) in [6.45, 7) is 1.57. The van der Waals surface area contributed by atoms with Gasteiger partial charge in [0.2, 0.25) is 11.8 Å². The maximum absolute atomic E-state index is 12.0. The number of hydrogen-bond donors (Lipinski definition) is 3. The number of halogens is 1. The zero-order valence-electron chi connectivity index (χ0n) is 12.9. The molecule has 3 amide bonds. The Morgan fingerprint density at radius 3 is 2.46 bits per heavy atom. The quantitative estimate of drug-likeness (QED) is 0.773. The predicted octanol–water partition coefficient (Wildman–Crippen LogP) is 2.12. The van der Waals surface area contributed by atoms with Crippen LogP contribution in [0.15, 0.2) is 42.5 Å². The van der Waals surface area contributed by atoms with Crippen molar-refractivity contribution in [3.63, 3.8) is 0 Å². The Balaban J connectivity index is 1.96. The second-order valence-corrected chi connectivity index (χ2v) is 5.50. The number of carbonyl (C=O) groups is 3. The Hall–Kier alpha value is -2.86. The van der Waals surface area contributed by atoms with Crippen molar-refractivity contribution >= 4 is 35.0 Å². The number of nitrogens with one attached hydrogen (secondary N) is 2. The molecule has 0 unspecified atom stereocenters. The molecule has 0 radical (unpaired) electrons. The number of amides is 3. The van der Waals surface area contributed by atoms with Crippen LogP contribution in [0.4, 0.5) is 5.69 Å². The highest BCUT2D eigenvalue weighted by Crippen LogP contribution is 2.22. The third-order valence-electron chi connectivity index (χ3n) is 3.36. The van der Waals surface area contributed by atoms with Crippen LogP contribution < -0.4 is 16.4 Å². The normalized spacial score (nSPS) is 10.1. The zero-order chi connectivity index (χ0) is 17.7. The van der Waals surface area contributed by atoms with Gasteiger partial charge in [0.1, 0.15) is 0 Å². The lowest BCUT2D eigenvalue weighted by Crippen LogP contribution is -2.33. The third-order valence-corrected chi connectivity index (χ3v) is 3.77. The number of hydrogen-bond acceptors (Lipinski definition) is 3.